The van der Waals surface area contributed by atoms with E-state index in [1.165, 1.54) is 6.42 Å². The molecular formula is C10H13BrN2O. The molecule has 1 saturated heterocycles. The van der Waals surface area contributed by atoms with Crippen LogP contribution in [0.5, 0.6) is 5.75 Å². The molecular weight excluding hydrogens is 244 g/mol. The van der Waals surface area contributed by atoms with Crippen molar-refractivity contribution in [3.63, 3.8) is 0 Å². The largest absolute Gasteiger partial charge is 0.490 e. The molecule has 1 aromatic rings. The predicted molar refractivity (Wildman–Crippen MR) is 58.6 cm³/mol. The molecule has 0 saturated carbocycles. The van der Waals surface area contributed by atoms with Gasteiger partial charge in [-0.2, -0.15) is 0 Å². The van der Waals surface area contributed by atoms with Crippen LogP contribution in [0.2, 0.25) is 0 Å². The number of aromatic nitrogens is 1. The molecule has 0 spiro atoms. The fourth-order valence-corrected chi connectivity index (χ4v) is 1.58. The number of aryl methyl sites for hydroxylation is 1. The molecule has 76 valence electrons. The number of hydrogen-bond acceptors (Lipinski definition) is 3. The summed E-state index contributed by atoms with van der Waals surface area (Å²) < 4.78 is 6.59. The smallest absolute Gasteiger partial charge is 0.138 e. The van der Waals surface area contributed by atoms with Crippen LogP contribution in [-0.4, -0.2) is 24.2 Å². The highest BCUT2D eigenvalue weighted by Gasteiger charge is 2.16. The van der Waals surface area contributed by atoms with Crippen molar-refractivity contribution in [1.82, 2.24) is 10.3 Å². The summed E-state index contributed by atoms with van der Waals surface area (Å²) in [5.41, 5.74) is 0.985. The molecule has 1 aliphatic heterocycles. The SMILES string of the molecule is Cc1ncc(OC[C@@H]2CCN2)cc1Br. The molecule has 3 nitrogen and oxygen atoms in total. The Hall–Kier alpha value is -0.610. The van der Waals surface area contributed by atoms with Crippen LogP contribution in [0.15, 0.2) is 16.7 Å². The number of rotatable bonds is 3. The maximum Gasteiger partial charge on any atom is 0.138 e. The number of pyridine rings is 1. The van der Waals surface area contributed by atoms with Crippen LogP contribution in [0.25, 0.3) is 0 Å². The topological polar surface area (TPSA) is 34.1 Å². The van der Waals surface area contributed by atoms with Gasteiger partial charge in [-0.15, -0.1) is 0 Å². The zero-order valence-corrected chi connectivity index (χ0v) is 9.67. The van der Waals surface area contributed by atoms with E-state index in [4.69, 9.17) is 4.74 Å². The minimum atomic E-state index is 0.523. The molecule has 14 heavy (non-hydrogen) atoms. The van der Waals surface area contributed by atoms with Crippen LogP contribution in [0.1, 0.15) is 12.1 Å². The predicted octanol–water partition coefficient (Wildman–Crippen LogP) is 1.89. The summed E-state index contributed by atoms with van der Waals surface area (Å²) in [4.78, 5) is 4.21. The Morgan fingerprint density at radius 3 is 3.07 bits per heavy atom. The molecule has 1 aromatic heterocycles. The molecule has 1 N–H and O–H groups in total. The van der Waals surface area contributed by atoms with Crippen LogP contribution in [0, 0.1) is 6.92 Å². The third-order valence-corrected chi connectivity index (χ3v) is 3.18. The molecule has 4 heteroatoms. The van der Waals surface area contributed by atoms with Gasteiger partial charge in [-0.05, 0) is 41.9 Å². The van der Waals surface area contributed by atoms with Crippen molar-refractivity contribution in [2.24, 2.45) is 0 Å². The van der Waals surface area contributed by atoms with Crippen LogP contribution in [0.4, 0.5) is 0 Å². The van der Waals surface area contributed by atoms with Gasteiger partial charge in [0.15, 0.2) is 0 Å². The second kappa shape index (κ2) is 4.28. The number of ether oxygens (including phenoxy) is 1. The van der Waals surface area contributed by atoms with E-state index in [0.29, 0.717) is 6.04 Å². The van der Waals surface area contributed by atoms with Gasteiger partial charge in [-0.3, -0.25) is 4.98 Å². The lowest BCUT2D eigenvalue weighted by Gasteiger charge is -2.27. The van der Waals surface area contributed by atoms with E-state index in [0.717, 1.165) is 29.1 Å². The molecule has 0 radical (unpaired) electrons. The summed E-state index contributed by atoms with van der Waals surface area (Å²) in [5.74, 6) is 0.830. The fourth-order valence-electron chi connectivity index (χ4n) is 1.26. The Balaban J connectivity index is 1.91. The first-order valence-electron chi connectivity index (χ1n) is 4.74. The first-order chi connectivity index (χ1) is 6.75. The van der Waals surface area contributed by atoms with Gasteiger partial charge in [0, 0.05) is 10.5 Å². The second-order valence-corrected chi connectivity index (χ2v) is 4.34. The van der Waals surface area contributed by atoms with Crippen molar-refractivity contribution in [3.8, 4) is 5.75 Å². The molecule has 2 rings (SSSR count). The molecule has 0 bridgehead atoms. The van der Waals surface area contributed by atoms with Crippen LogP contribution >= 0.6 is 15.9 Å². The monoisotopic (exact) mass is 256 g/mol. The van der Waals surface area contributed by atoms with Gasteiger partial charge in [0.1, 0.15) is 12.4 Å². The van der Waals surface area contributed by atoms with Crippen molar-refractivity contribution in [2.45, 2.75) is 19.4 Å². The lowest BCUT2D eigenvalue weighted by Crippen LogP contribution is -2.46. The normalized spacial score (nSPS) is 20.3. The fraction of sp³-hybridized carbons (Fsp3) is 0.500. The quantitative estimate of drug-likeness (QED) is 0.897. The van der Waals surface area contributed by atoms with Crippen molar-refractivity contribution >= 4 is 15.9 Å². The van der Waals surface area contributed by atoms with Crippen LogP contribution in [0.3, 0.4) is 0 Å². The van der Waals surface area contributed by atoms with Gasteiger partial charge in [0.05, 0.1) is 11.9 Å². The second-order valence-electron chi connectivity index (χ2n) is 3.49. The number of nitrogens with one attached hydrogen (secondary N) is 1. The van der Waals surface area contributed by atoms with Crippen molar-refractivity contribution in [2.75, 3.05) is 13.2 Å². The average molecular weight is 257 g/mol. The number of nitrogens with zero attached hydrogens (tertiary/aromatic N) is 1. The van der Waals surface area contributed by atoms with E-state index in [2.05, 4.69) is 26.2 Å². The first-order valence-corrected chi connectivity index (χ1v) is 5.53. The Bertz CT molecular complexity index is 326. The standard InChI is InChI=1S/C10H13BrN2O/c1-7-10(11)4-9(5-13-7)14-6-8-2-3-12-8/h4-5,8,12H,2-3,6H2,1H3/t8-/m0/s1. The molecule has 1 fully saturated rings. The van der Waals surface area contributed by atoms with Gasteiger partial charge in [-0.1, -0.05) is 0 Å². The van der Waals surface area contributed by atoms with E-state index in [1.807, 2.05) is 13.0 Å². The van der Waals surface area contributed by atoms with Crippen LogP contribution in [-0.2, 0) is 0 Å². The molecule has 0 unspecified atom stereocenters. The molecule has 2 heterocycles. The zero-order valence-electron chi connectivity index (χ0n) is 8.09. The highest BCUT2D eigenvalue weighted by Crippen LogP contribution is 2.20. The van der Waals surface area contributed by atoms with Gasteiger partial charge >= 0.3 is 0 Å². The van der Waals surface area contributed by atoms with E-state index in [9.17, 15) is 0 Å². The maximum absolute atomic E-state index is 5.59. The first kappa shape index (κ1) is 9.93. The third-order valence-electron chi connectivity index (χ3n) is 2.38. The lowest BCUT2D eigenvalue weighted by atomic mass is 10.1. The van der Waals surface area contributed by atoms with Gasteiger partial charge in [0.2, 0.25) is 0 Å². The zero-order chi connectivity index (χ0) is 9.97. The molecule has 0 aliphatic carbocycles. The average Bonchev–Trinajstić information content (AvgIpc) is 2.08. The Labute approximate surface area is 92.0 Å². The van der Waals surface area contributed by atoms with Gasteiger partial charge in [-0.25, -0.2) is 0 Å². The van der Waals surface area contributed by atoms with E-state index < -0.39 is 0 Å². The summed E-state index contributed by atoms with van der Waals surface area (Å²) in [6.07, 6.45) is 2.97. The van der Waals surface area contributed by atoms with Gasteiger partial charge < -0.3 is 10.1 Å². The van der Waals surface area contributed by atoms with E-state index >= 15 is 0 Å². The van der Waals surface area contributed by atoms with Crippen LogP contribution < -0.4 is 10.1 Å². The van der Waals surface area contributed by atoms with Crippen molar-refractivity contribution in [3.05, 3.63) is 22.4 Å². The molecule has 0 aromatic carbocycles. The highest BCUT2D eigenvalue weighted by atomic mass is 79.9. The highest BCUT2D eigenvalue weighted by molar-refractivity contribution is 9.10. The third kappa shape index (κ3) is 2.25. The van der Waals surface area contributed by atoms with E-state index in [1.54, 1.807) is 6.20 Å². The summed E-state index contributed by atoms with van der Waals surface area (Å²) in [6.45, 7) is 3.81. The molecule has 1 atom stereocenters. The van der Waals surface area contributed by atoms with E-state index in [-0.39, 0.29) is 0 Å². The Kier molecular flexibility index (Phi) is 3.03. The number of halogens is 1. The molecule has 1 aliphatic rings. The minimum Gasteiger partial charge on any atom is -0.490 e. The maximum atomic E-state index is 5.59. The Morgan fingerprint density at radius 1 is 1.71 bits per heavy atom. The summed E-state index contributed by atoms with van der Waals surface area (Å²) in [5, 5.41) is 3.28. The summed E-state index contributed by atoms with van der Waals surface area (Å²) >= 11 is 3.43. The van der Waals surface area contributed by atoms with Crippen molar-refractivity contribution in [1.29, 1.82) is 0 Å². The lowest BCUT2D eigenvalue weighted by molar-refractivity contribution is 0.217. The van der Waals surface area contributed by atoms with Gasteiger partial charge in [0.25, 0.3) is 0 Å². The minimum absolute atomic E-state index is 0.523. The Morgan fingerprint density at radius 2 is 2.50 bits per heavy atom. The molecule has 0 amide bonds. The van der Waals surface area contributed by atoms with Crippen molar-refractivity contribution < 1.29 is 4.74 Å². The summed E-state index contributed by atoms with van der Waals surface area (Å²) in [7, 11) is 0. The number of hydrogen-bond donors (Lipinski definition) is 1. The summed E-state index contributed by atoms with van der Waals surface area (Å²) in [6, 6.07) is 2.48.